The van der Waals surface area contributed by atoms with Crippen molar-refractivity contribution < 1.29 is 4.79 Å². The first kappa shape index (κ1) is 27.3. The number of carbonyl (C=O) groups is 1. The standard InChI is InChI=1S/C27H30N4OS.2ClH/c32-26(12-11-24-18-23-20-28-25-9-4-10-27(33-24)31(23)25)29-19-22-13-16-30(17-14-22)15-5-8-21-6-2-1-3-7-21;;/h1-4,6-7,9-12,18,20,22H,5,8,13-17,19H2,(H,29,32);2*1H. The maximum absolute atomic E-state index is 12.4. The number of nitrogens with zero attached hydrogens (tertiary/aromatic N) is 3. The van der Waals surface area contributed by atoms with Gasteiger partial charge in [-0.25, -0.2) is 4.98 Å². The lowest BCUT2D eigenvalue weighted by atomic mass is 9.96. The van der Waals surface area contributed by atoms with Crippen LogP contribution in [0.3, 0.4) is 0 Å². The number of hydrogen-bond acceptors (Lipinski definition) is 4. The van der Waals surface area contributed by atoms with Crippen LogP contribution < -0.4 is 5.32 Å². The predicted molar refractivity (Wildman–Crippen MR) is 150 cm³/mol. The number of hydrogen-bond donors (Lipinski definition) is 1. The van der Waals surface area contributed by atoms with Gasteiger partial charge in [-0.15, -0.1) is 24.8 Å². The summed E-state index contributed by atoms with van der Waals surface area (Å²) < 4.78 is 2.14. The Morgan fingerprint density at radius 2 is 1.89 bits per heavy atom. The molecular weight excluding hydrogens is 499 g/mol. The van der Waals surface area contributed by atoms with Crippen LogP contribution in [0.1, 0.15) is 30.5 Å². The first-order valence-electron chi connectivity index (χ1n) is 11.8. The minimum Gasteiger partial charge on any atom is -0.352 e. The first-order chi connectivity index (χ1) is 16.2. The van der Waals surface area contributed by atoms with Gasteiger partial charge in [-0.2, -0.15) is 0 Å². The van der Waals surface area contributed by atoms with Gasteiger partial charge in [0.2, 0.25) is 5.91 Å². The number of piperidine rings is 1. The zero-order chi connectivity index (χ0) is 22.5. The Hall–Kier alpha value is -2.25. The molecule has 0 spiro atoms. The molecule has 0 saturated carbocycles. The van der Waals surface area contributed by atoms with Crippen LogP contribution in [0.5, 0.6) is 0 Å². The van der Waals surface area contributed by atoms with Gasteiger partial charge in [0, 0.05) is 17.5 Å². The van der Waals surface area contributed by atoms with E-state index >= 15 is 0 Å². The number of pyridine rings is 1. The topological polar surface area (TPSA) is 49.6 Å². The summed E-state index contributed by atoms with van der Waals surface area (Å²) in [7, 11) is 0. The first-order valence-corrected chi connectivity index (χ1v) is 12.6. The van der Waals surface area contributed by atoms with Crippen molar-refractivity contribution in [2.24, 2.45) is 5.92 Å². The zero-order valence-corrected chi connectivity index (χ0v) is 22.1. The van der Waals surface area contributed by atoms with E-state index in [9.17, 15) is 4.79 Å². The Morgan fingerprint density at radius 1 is 1.09 bits per heavy atom. The van der Waals surface area contributed by atoms with Crippen molar-refractivity contribution in [1.82, 2.24) is 19.6 Å². The van der Waals surface area contributed by atoms with Gasteiger partial charge in [0.05, 0.1) is 16.9 Å². The van der Waals surface area contributed by atoms with Crippen LogP contribution in [0.4, 0.5) is 0 Å². The van der Waals surface area contributed by atoms with Gasteiger partial charge >= 0.3 is 0 Å². The van der Waals surface area contributed by atoms with Gasteiger partial charge < -0.3 is 10.2 Å². The zero-order valence-electron chi connectivity index (χ0n) is 19.6. The number of likely N-dealkylation sites (tertiary alicyclic amines) is 1. The molecule has 8 heteroatoms. The Balaban J connectivity index is 0.00000171. The van der Waals surface area contributed by atoms with Crippen molar-refractivity contribution in [1.29, 1.82) is 0 Å². The minimum absolute atomic E-state index is 0. The summed E-state index contributed by atoms with van der Waals surface area (Å²) in [6.07, 6.45) is 12.2. The molecule has 1 fully saturated rings. The number of thioether (sulfide) groups is 1. The van der Waals surface area contributed by atoms with Crippen molar-refractivity contribution in [3.05, 3.63) is 83.0 Å². The number of amides is 1. The minimum atomic E-state index is -0.0147. The van der Waals surface area contributed by atoms with E-state index in [0.717, 1.165) is 66.7 Å². The molecule has 0 aliphatic carbocycles. The summed E-state index contributed by atoms with van der Waals surface area (Å²) in [4.78, 5) is 20.4. The average Bonchev–Trinajstić information content (AvgIpc) is 3.27. The van der Waals surface area contributed by atoms with Gasteiger partial charge in [-0.05, 0) is 81.1 Å². The second-order valence-electron chi connectivity index (χ2n) is 8.84. The summed E-state index contributed by atoms with van der Waals surface area (Å²) in [6.45, 7) is 4.19. The number of imidazole rings is 1. The molecule has 0 radical (unpaired) electrons. The number of benzene rings is 1. The number of halogens is 2. The average molecular weight is 532 g/mol. The molecule has 1 amide bonds. The normalized spacial score (nSPS) is 15.9. The largest absolute Gasteiger partial charge is 0.352 e. The molecule has 0 unspecified atom stereocenters. The molecule has 0 bridgehead atoms. The van der Waals surface area contributed by atoms with Crippen molar-refractivity contribution in [3.8, 4) is 0 Å². The second kappa shape index (κ2) is 13.2. The van der Waals surface area contributed by atoms with Gasteiger partial charge in [-0.1, -0.05) is 48.2 Å². The molecule has 1 saturated heterocycles. The second-order valence-corrected chi connectivity index (χ2v) is 9.94. The molecule has 1 N–H and O–H groups in total. The SMILES string of the molecule is Cl.Cl.O=C(C=CC1=Cc2cnc3cccc(n23)S1)NCC1CCN(CCCc2ccccc2)CC1. The highest BCUT2D eigenvalue weighted by Crippen LogP contribution is 2.34. The van der Waals surface area contributed by atoms with Crippen LogP contribution in [-0.4, -0.2) is 46.4 Å². The van der Waals surface area contributed by atoms with Crippen LogP contribution in [0, 0.1) is 5.92 Å². The fourth-order valence-corrected chi connectivity index (χ4v) is 5.61. The summed E-state index contributed by atoms with van der Waals surface area (Å²) in [5, 5.41) is 4.23. The van der Waals surface area contributed by atoms with Crippen LogP contribution >= 0.6 is 36.6 Å². The van der Waals surface area contributed by atoms with E-state index in [-0.39, 0.29) is 30.7 Å². The highest BCUT2D eigenvalue weighted by Gasteiger charge is 2.19. The number of nitrogens with one attached hydrogen (secondary N) is 1. The van der Waals surface area contributed by atoms with E-state index in [1.165, 1.54) is 12.0 Å². The summed E-state index contributed by atoms with van der Waals surface area (Å²) in [5.41, 5.74) is 3.43. The molecule has 2 aliphatic heterocycles. The molecule has 4 heterocycles. The molecule has 186 valence electrons. The molecule has 5 nitrogen and oxygen atoms in total. The van der Waals surface area contributed by atoms with E-state index in [2.05, 4.69) is 62.1 Å². The van der Waals surface area contributed by atoms with Crippen LogP contribution in [0.15, 0.2) is 76.8 Å². The van der Waals surface area contributed by atoms with Gasteiger partial charge in [0.1, 0.15) is 5.65 Å². The van der Waals surface area contributed by atoms with E-state index < -0.39 is 0 Å². The highest BCUT2D eigenvalue weighted by atomic mass is 35.5. The Morgan fingerprint density at radius 3 is 2.69 bits per heavy atom. The van der Waals surface area contributed by atoms with Gasteiger partial charge in [-0.3, -0.25) is 9.20 Å². The smallest absolute Gasteiger partial charge is 0.244 e. The van der Waals surface area contributed by atoms with E-state index in [1.54, 1.807) is 17.8 Å². The summed E-state index contributed by atoms with van der Waals surface area (Å²) in [5.74, 6) is 0.557. The Kier molecular flexibility index (Phi) is 10.3. The maximum atomic E-state index is 12.4. The Labute approximate surface area is 223 Å². The summed E-state index contributed by atoms with van der Waals surface area (Å²) in [6, 6.07) is 16.8. The molecule has 1 aromatic carbocycles. The maximum Gasteiger partial charge on any atom is 0.244 e. The number of rotatable bonds is 8. The van der Waals surface area contributed by atoms with Crippen LogP contribution in [-0.2, 0) is 11.2 Å². The quantitative estimate of drug-likeness (QED) is 0.382. The number of aryl methyl sites for hydroxylation is 1. The molecular formula is C27H32Cl2N4OS. The highest BCUT2D eigenvalue weighted by molar-refractivity contribution is 8.03. The van der Waals surface area contributed by atoms with Gasteiger partial charge in [0.25, 0.3) is 0 Å². The number of carbonyl (C=O) groups excluding carboxylic acids is 1. The lowest BCUT2D eigenvalue weighted by Crippen LogP contribution is -2.38. The summed E-state index contributed by atoms with van der Waals surface area (Å²) >= 11 is 1.66. The number of aromatic nitrogens is 2. The lowest BCUT2D eigenvalue weighted by molar-refractivity contribution is -0.116. The van der Waals surface area contributed by atoms with Crippen molar-refractivity contribution >= 4 is 54.2 Å². The molecule has 35 heavy (non-hydrogen) atoms. The van der Waals surface area contributed by atoms with Crippen LogP contribution in [0.2, 0.25) is 0 Å². The Bertz CT molecular complexity index is 1170. The molecule has 2 aromatic heterocycles. The monoisotopic (exact) mass is 530 g/mol. The van der Waals surface area contributed by atoms with Crippen LogP contribution in [0.25, 0.3) is 11.7 Å². The van der Waals surface area contributed by atoms with E-state index in [1.807, 2.05) is 24.4 Å². The van der Waals surface area contributed by atoms with Gasteiger partial charge in [0.15, 0.2) is 0 Å². The van der Waals surface area contributed by atoms with Crippen molar-refractivity contribution in [2.45, 2.75) is 30.7 Å². The molecule has 0 atom stereocenters. The fraction of sp³-hybridized carbons (Fsp3) is 0.333. The molecule has 2 aliphatic rings. The molecule has 3 aromatic rings. The fourth-order valence-electron chi connectivity index (χ4n) is 4.62. The van der Waals surface area contributed by atoms with E-state index in [4.69, 9.17) is 0 Å². The third-order valence-corrected chi connectivity index (χ3v) is 7.50. The van der Waals surface area contributed by atoms with Crippen molar-refractivity contribution in [3.63, 3.8) is 0 Å². The van der Waals surface area contributed by atoms with E-state index in [0.29, 0.717) is 5.92 Å². The van der Waals surface area contributed by atoms with Crippen molar-refractivity contribution in [2.75, 3.05) is 26.2 Å². The lowest BCUT2D eigenvalue weighted by Gasteiger charge is -2.32. The number of allylic oxidation sites excluding steroid dienone is 1. The predicted octanol–water partition coefficient (Wildman–Crippen LogP) is 5.64. The third-order valence-electron chi connectivity index (χ3n) is 6.49. The molecule has 5 rings (SSSR count). The third kappa shape index (κ3) is 7.14.